The summed E-state index contributed by atoms with van der Waals surface area (Å²) >= 11 is 1.27. The molecule has 0 fully saturated rings. The molecule has 0 aliphatic carbocycles. The fourth-order valence-electron chi connectivity index (χ4n) is 1.91. The minimum absolute atomic E-state index is 0.345. The highest BCUT2D eigenvalue weighted by Crippen LogP contribution is 2.32. The minimum Gasteiger partial charge on any atom is -0.477 e. The van der Waals surface area contributed by atoms with Gasteiger partial charge in [0.2, 0.25) is 0 Å². The molecular weight excluding hydrogens is 246 g/mol. The van der Waals surface area contributed by atoms with Gasteiger partial charge in [0, 0.05) is 28.2 Å². The van der Waals surface area contributed by atoms with Gasteiger partial charge in [-0.2, -0.15) is 0 Å². The predicted octanol–water partition coefficient (Wildman–Crippen LogP) is 3.66. The van der Waals surface area contributed by atoms with E-state index in [2.05, 4.69) is 4.98 Å². The molecule has 0 radical (unpaired) electrons. The first kappa shape index (κ1) is 10.9. The van der Waals surface area contributed by atoms with Crippen molar-refractivity contribution in [1.29, 1.82) is 0 Å². The van der Waals surface area contributed by atoms with Crippen LogP contribution < -0.4 is 0 Å². The molecule has 0 aliphatic heterocycles. The molecule has 0 aliphatic rings. The largest absolute Gasteiger partial charge is 0.477 e. The maximum Gasteiger partial charge on any atom is 0.345 e. The van der Waals surface area contributed by atoms with Crippen LogP contribution in [-0.4, -0.2) is 16.1 Å². The highest BCUT2D eigenvalue weighted by Gasteiger charge is 2.10. The molecule has 1 aromatic carbocycles. The molecule has 0 saturated heterocycles. The molecule has 2 aromatic heterocycles. The highest BCUT2D eigenvalue weighted by atomic mass is 32.1. The summed E-state index contributed by atoms with van der Waals surface area (Å²) < 4.78 is 0. The predicted molar refractivity (Wildman–Crippen MR) is 72.0 cm³/mol. The molecular formula is C14H9NO2S. The zero-order valence-corrected chi connectivity index (χ0v) is 10.1. The number of fused-ring (bicyclic) bond motifs is 1. The van der Waals surface area contributed by atoms with Gasteiger partial charge >= 0.3 is 5.97 Å². The molecule has 0 saturated carbocycles. The average molecular weight is 255 g/mol. The lowest BCUT2D eigenvalue weighted by molar-refractivity contribution is 0.0702. The van der Waals surface area contributed by atoms with Gasteiger partial charge in [0.1, 0.15) is 4.88 Å². The Labute approximate surface area is 107 Å². The zero-order chi connectivity index (χ0) is 12.5. The van der Waals surface area contributed by atoms with Crippen molar-refractivity contribution < 1.29 is 9.90 Å². The maximum atomic E-state index is 10.9. The van der Waals surface area contributed by atoms with Gasteiger partial charge < -0.3 is 5.11 Å². The van der Waals surface area contributed by atoms with E-state index >= 15 is 0 Å². The van der Waals surface area contributed by atoms with Crippen LogP contribution in [0.1, 0.15) is 9.67 Å². The van der Waals surface area contributed by atoms with Gasteiger partial charge in [0.15, 0.2) is 0 Å². The van der Waals surface area contributed by atoms with E-state index in [1.54, 1.807) is 12.3 Å². The lowest BCUT2D eigenvalue weighted by Gasteiger charge is -2.02. The quantitative estimate of drug-likeness (QED) is 0.760. The Morgan fingerprint density at radius 2 is 1.94 bits per heavy atom. The Hall–Kier alpha value is -2.20. The number of carbonyl (C=O) groups is 1. The number of aromatic nitrogens is 1. The summed E-state index contributed by atoms with van der Waals surface area (Å²) in [5.74, 6) is -0.889. The standard InChI is InChI=1S/C14H9NO2S/c16-14(17)13-6-5-12(18-13)11-8-15-7-9-3-1-2-4-10(9)11/h1-8H,(H,16,17). The topological polar surface area (TPSA) is 50.2 Å². The second kappa shape index (κ2) is 4.23. The summed E-state index contributed by atoms with van der Waals surface area (Å²) in [6, 6.07) is 11.4. The normalized spacial score (nSPS) is 10.7. The van der Waals surface area contributed by atoms with Crippen LogP contribution in [0.2, 0.25) is 0 Å². The number of pyridine rings is 1. The van der Waals surface area contributed by atoms with Crippen LogP contribution >= 0.6 is 11.3 Å². The SMILES string of the molecule is O=C(O)c1ccc(-c2cncc3ccccc23)s1. The molecule has 2 heterocycles. The van der Waals surface area contributed by atoms with Crippen molar-refractivity contribution >= 4 is 28.1 Å². The summed E-state index contributed by atoms with van der Waals surface area (Å²) in [5, 5.41) is 11.1. The first-order chi connectivity index (χ1) is 8.75. The number of carboxylic acid groups (broad SMARTS) is 1. The molecule has 3 rings (SSSR count). The summed E-state index contributed by atoms with van der Waals surface area (Å²) in [6.45, 7) is 0. The van der Waals surface area contributed by atoms with Gasteiger partial charge in [0.05, 0.1) is 0 Å². The summed E-state index contributed by atoms with van der Waals surface area (Å²) in [7, 11) is 0. The van der Waals surface area contributed by atoms with E-state index in [0.29, 0.717) is 4.88 Å². The zero-order valence-electron chi connectivity index (χ0n) is 9.33. The second-order valence-electron chi connectivity index (χ2n) is 3.88. The molecule has 4 heteroatoms. The van der Waals surface area contributed by atoms with E-state index in [4.69, 9.17) is 5.11 Å². The van der Waals surface area contributed by atoms with Crippen LogP contribution in [0.25, 0.3) is 21.2 Å². The summed E-state index contributed by atoms with van der Waals surface area (Å²) in [4.78, 5) is 16.4. The van der Waals surface area contributed by atoms with Crippen molar-refractivity contribution in [2.45, 2.75) is 0 Å². The molecule has 0 unspecified atom stereocenters. The number of carboxylic acids is 1. The number of hydrogen-bond acceptors (Lipinski definition) is 3. The van der Waals surface area contributed by atoms with Gasteiger partial charge in [-0.1, -0.05) is 24.3 Å². The Morgan fingerprint density at radius 1 is 1.11 bits per heavy atom. The van der Waals surface area contributed by atoms with E-state index in [0.717, 1.165) is 21.2 Å². The summed E-state index contributed by atoms with van der Waals surface area (Å²) in [5.41, 5.74) is 0.977. The van der Waals surface area contributed by atoms with Crippen molar-refractivity contribution in [3.05, 3.63) is 53.7 Å². The molecule has 18 heavy (non-hydrogen) atoms. The number of benzene rings is 1. The fraction of sp³-hybridized carbons (Fsp3) is 0. The van der Waals surface area contributed by atoms with Crippen molar-refractivity contribution in [3.8, 4) is 10.4 Å². The second-order valence-corrected chi connectivity index (χ2v) is 4.96. The van der Waals surface area contributed by atoms with Crippen molar-refractivity contribution in [3.63, 3.8) is 0 Å². The minimum atomic E-state index is -0.889. The smallest absolute Gasteiger partial charge is 0.345 e. The van der Waals surface area contributed by atoms with Gasteiger partial charge in [0.25, 0.3) is 0 Å². The summed E-state index contributed by atoms with van der Waals surface area (Å²) in [6.07, 6.45) is 3.59. The fourth-order valence-corrected chi connectivity index (χ4v) is 2.78. The van der Waals surface area contributed by atoms with Crippen LogP contribution in [0, 0.1) is 0 Å². The van der Waals surface area contributed by atoms with Gasteiger partial charge in [-0.05, 0) is 17.5 Å². The van der Waals surface area contributed by atoms with E-state index in [1.807, 2.05) is 36.5 Å². The molecule has 1 N–H and O–H groups in total. The van der Waals surface area contributed by atoms with Gasteiger partial charge in [-0.15, -0.1) is 11.3 Å². The number of hydrogen-bond donors (Lipinski definition) is 1. The molecule has 3 aromatic rings. The number of thiophene rings is 1. The van der Waals surface area contributed by atoms with Gasteiger partial charge in [-0.25, -0.2) is 4.79 Å². The molecule has 0 atom stereocenters. The Balaban J connectivity index is 2.21. The third-order valence-corrected chi connectivity index (χ3v) is 3.86. The van der Waals surface area contributed by atoms with Crippen LogP contribution in [0.15, 0.2) is 48.8 Å². The first-order valence-corrected chi connectivity index (χ1v) is 6.23. The van der Waals surface area contributed by atoms with Crippen LogP contribution in [0.5, 0.6) is 0 Å². The van der Waals surface area contributed by atoms with Crippen LogP contribution in [-0.2, 0) is 0 Å². The van der Waals surface area contributed by atoms with E-state index in [-0.39, 0.29) is 0 Å². The monoisotopic (exact) mass is 255 g/mol. The number of rotatable bonds is 2. The average Bonchev–Trinajstić information content (AvgIpc) is 2.87. The van der Waals surface area contributed by atoms with E-state index in [9.17, 15) is 4.79 Å². The molecule has 88 valence electrons. The molecule has 0 bridgehead atoms. The Kier molecular flexibility index (Phi) is 2.57. The number of aromatic carboxylic acids is 1. The van der Waals surface area contributed by atoms with E-state index < -0.39 is 5.97 Å². The highest BCUT2D eigenvalue weighted by molar-refractivity contribution is 7.17. The van der Waals surface area contributed by atoms with Crippen LogP contribution in [0.3, 0.4) is 0 Å². The number of nitrogens with zero attached hydrogens (tertiary/aromatic N) is 1. The Morgan fingerprint density at radius 3 is 2.72 bits per heavy atom. The Bertz CT molecular complexity index is 728. The first-order valence-electron chi connectivity index (χ1n) is 5.42. The maximum absolute atomic E-state index is 10.9. The van der Waals surface area contributed by atoms with Crippen molar-refractivity contribution in [1.82, 2.24) is 4.98 Å². The molecule has 3 nitrogen and oxygen atoms in total. The molecule has 0 spiro atoms. The third kappa shape index (κ3) is 1.76. The van der Waals surface area contributed by atoms with Crippen molar-refractivity contribution in [2.24, 2.45) is 0 Å². The molecule has 0 amide bonds. The van der Waals surface area contributed by atoms with Crippen LogP contribution in [0.4, 0.5) is 0 Å². The van der Waals surface area contributed by atoms with Crippen molar-refractivity contribution in [2.75, 3.05) is 0 Å². The van der Waals surface area contributed by atoms with E-state index in [1.165, 1.54) is 11.3 Å². The lowest BCUT2D eigenvalue weighted by Crippen LogP contribution is -1.89. The van der Waals surface area contributed by atoms with Gasteiger partial charge in [-0.3, -0.25) is 4.98 Å². The lowest BCUT2D eigenvalue weighted by atomic mass is 10.1. The third-order valence-electron chi connectivity index (χ3n) is 2.75.